The first kappa shape index (κ1) is 15.3. The summed E-state index contributed by atoms with van der Waals surface area (Å²) in [4.78, 5) is 2.62. The summed E-state index contributed by atoms with van der Waals surface area (Å²) in [6.45, 7) is 8.41. The molecule has 0 aliphatic heterocycles. The minimum Gasteiger partial charge on any atom is -0.303 e. The second-order valence-electron chi connectivity index (χ2n) is 4.33. The van der Waals surface area contributed by atoms with Gasteiger partial charge in [0.1, 0.15) is 0 Å². The number of rotatable bonds is 11. The highest BCUT2D eigenvalue weighted by Crippen LogP contribution is 2.04. The first-order chi connectivity index (χ1) is 7.35. The summed E-state index contributed by atoms with van der Waals surface area (Å²) >= 11 is 4.26. The molecule has 0 heterocycles. The number of thiol groups is 1. The Hall–Kier alpha value is 0.310. The van der Waals surface area contributed by atoms with Crippen LogP contribution >= 0.6 is 12.6 Å². The molecule has 0 aromatic carbocycles. The standard InChI is InChI=1S/C13H29NS/c1-3-5-6-7-11-14(10-4-2)12-8-9-13-15/h15H,3-13H2,1-2H3. The summed E-state index contributed by atoms with van der Waals surface area (Å²) in [6, 6.07) is 0. The van der Waals surface area contributed by atoms with Gasteiger partial charge in [-0.15, -0.1) is 0 Å². The van der Waals surface area contributed by atoms with Crippen molar-refractivity contribution in [3.05, 3.63) is 0 Å². The van der Waals surface area contributed by atoms with E-state index in [4.69, 9.17) is 0 Å². The molecule has 0 aliphatic rings. The zero-order valence-corrected chi connectivity index (χ0v) is 11.6. The molecular weight excluding hydrogens is 202 g/mol. The fourth-order valence-electron chi connectivity index (χ4n) is 1.86. The first-order valence-electron chi connectivity index (χ1n) is 6.68. The molecule has 1 nitrogen and oxygen atoms in total. The molecule has 0 unspecified atom stereocenters. The van der Waals surface area contributed by atoms with Crippen molar-refractivity contribution < 1.29 is 0 Å². The van der Waals surface area contributed by atoms with Crippen LogP contribution in [0.3, 0.4) is 0 Å². The van der Waals surface area contributed by atoms with E-state index in [1.807, 2.05) is 0 Å². The van der Waals surface area contributed by atoms with Crippen molar-refractivity contribution in [1.82, 2.24) is 4.90 Å². The highest BCUT2D eigenvalue weighted by molar-refractivity contribution is 7.80. The van der Waals surface area contributed by atoms with Crippen molar-refractivity contribution in [2.45, 2.75) is 58.8 Å². The van der Waals surface area contributed by atoms with E-state index in [0.29, 0.717) is 0 Å². The largest absolute Gasteiger partial charge is 0.303 e. The van der Waals surface area contributed by atoms with Crippen LogP contribution in [0.25, 0.3) is 0 Å². The molecule has 0 aliphatic carbocycles. The number of nitrogens with zero attached hydrogens (tertiary/aromatic N) is 1. The molecule has 0 spiro atoms. The first-order valence-corrected chi connectivity index (χ1v) is 7.31. The molecule has 0 saturated heterocycles. The lowest BCUT2D eigenvalue weighted by atomic mass is 10.2. The molecule has 0 amide bonds. The monoisotopic (exact) mass is 231 g/mol. The average molecular weight is 231 g/mol. The summed E-state index contributed by atoms with van der Waals surface area (Å²) in [5.74, 6) is 1.04. The van der Waals surface area contributed by atoms with Gasteiger partial charge >= 0.3 is 0 Å². The van der Waals surface area contributed by atoms with Crippen LogP contribution in [-0.2, 0) is 0 Å². The Morgan fingerprint density at radius 2 is 1.40 bits per heavy atom. The lowest BCUT2D eigenvalue weighted by molar-refractivity contribution is 0.264. The fraction of sp³-hybridized carbons (Fsp3) is 1.00. The number of hydrogen-bond acceptors (Lipinski definition) is 2. The Labute approximate surface area is 102 Å². The topological polar surface area (TPSA) is 3.24 Å². The van der Waals surface area contributed by atoms with Gasteiger partial charge in [0.05, 0.1) is 0 Å². The normalized spacial score (nSPS) is 11.2. The van der Waals surface area contributed by atoms with Gasteiger partial charge < -0.3 is 4.90 Å². The highest BCUT2D eigenvalue weighted by Gasteiger charge is 2.02. The zero-order valence-electron chi connectivity index (χ0n) is 10.7. The summed E-state index contributed by atoms with van der Waals surface area (Å²) in [5.41, 5.74) is 0. The van der Waals surface area contributed by atoms with Gasteiger partial charge in [-0.3, -0.25) is 0 Å². The van der Waals surface area contributed by atoms with E-state index in [9.17, 15) is 0 Å². The van der Waals surface area contributed by atoms with Crippen LogP contribution in [0.5, 0.6) is 0 Å². The van der Waals surface area contributed by atoms with E-state index < -0.39 is 0 Å². The van der Waals surface area contributed by atoms with Crippen LogP contribution in [-0.4, -0.2) is 30.3 Å². The summed E-state index contributed by atoms with van der Waals surface area (Å²) in [5, 5.41) is 0. The molecule has 0 aromatic rings. The van der Waals surface area contributed by atoms with E-state index in [1.54, 1.807) is 0 Å². The molecule has 0 radical (unpaired) electrons. The van der Waals surface area contributed by atoms with Crippen molar-refractivity contribution in [3.8, 4) is 0 Å². The minimum atomic E-state index is 1.04. The quantitative estimate of drug-likeness (QED) is 0.416. The van der Waals surface area contributed by atoms with Gasteiger partial charge in [0.15, 0.2) is 0 Å². The Balaban J connectivity index is 3.44. The number of hydrogen-bond donors (Lipinski definition) is 1. The van der Waals surface area contributed by atoms with Gasteiger partial charge in [0.2, 0.25) is 0 Å². The Bertz CT molecular complexity index is 117. The summed E-state index contributed by atoms with van der Waals surface area (Å²) < 4.78 is 0. The van der Waals surface area contributed by atoms with Crippen molar-refractivity contribution in [1.29, 1.82) is 0 Å². The van der Waals surface area contributed by atoms with Crippen LogP contribution in [0.1, 0.15) is 58.8 Å². The lowest BCUT2D eigenvalue weighted by Gasteiger charge is -2.21. The van der Waals surface area contributed by atoms with Crippen LogP contribution in [0.4, 0.5) is 0 Å². The number of unbranched alkanes of at least 4 members (excludes halogenated alkanes) is 4. The van der Waals surface area contributed by atoms with Gasteiger partial charge in [0, 0.05) is 0 Å². The highest BCUT2D eigenvalue weighted by atomic mass is 32.1. The Morgan fingerprint density at radius 3 is 1.93 bits per heavy atom. The smallest absolute Gasteiger partial charge is 0.00184 e. The van der Waals surface area contributed by atoms with Gasteiger partial charge in [-0.2, -0.15) is 12.6 Å². The molecule has 2 heteroatoms. The third kappa shape index (κ3) is 10.6. The van der Waals surface area contributed by atoms with Crippen LogP contribution in [0.15, 0.2) is 0 Å². The molecule has 0 fully saturated rings. The minimum absolute atomic E-state index is 1.04. The van der Waals surface area contributed by atoms with Crippen LogP contribution < -0.4 is 0 Å². The molecule has 15 heavy (non-hydrogen) atoms. The second kappa shape index (κ2) is 12.4. The molecule has 0 rings (SSSR count). The molecule has 0 aromatic heterocycles. The predicted octanol–water partition coefficient (Wildman–Crippen LogP) is 3.99. The second-order valence-corrected chi connectivity index (χ2v) is 4.78. The van der Waals surface area contributed by atoms with Crippen LogP contribution in [0, 0.1) is 0 Å². The van der Waals surface area contributed by atoms with E-state index in [2.05, 4.69) is 31.4 Å². The van der Waals surface area contributed by atoms with Gasteiger partial charge in [0.25, 0.3) is 0 Å². The van der Waals surface area contributed by atoms with Crippen molar-refractivity contribution in [3.63, 3.8) is 0 Å². The zero-order chi connectivity index (χ0) is 11.4. The molecule has 0 atom stereocenters. The van der Waals surface area contributed by atoms with Gasteiger partial charge in [-0.25, -0.2) is 0 Å². The molecule has 92 valence electrons. The van der Waals surface area contributed by atoms with E-state index in [-0.39, 0.29) is 0 Å². The maximum absolute atomic E-state index is 4.26. The summed E-state index contributed by atoms with van der Waals surface area (Å²) in [6.07, 6.45) is 9.40. The SMILES string of the molecule is CCCCCCN(CCC)CCCCS. The molecule has 0 bridgehead atoms. The van der Waals surface area contributed by atoms with E-state index >= 15 is 0 Å². The summed E-state index contributed by atoms with van der Waals surface area (Å²) in [7, 11) is 0. The van der Waals surface area contributed by atoms with E-state index in [1.165, 1.54) is 64.6 Å². The van der Waals surface area contributed by atoms with Crippen molar-refractivity contribution in [2.24, 2.45) is 0 Å². The van der Waals surface area contributed by atoms with E-state index in [0.717, 1.165) is 5.75 Å². The third-order valence-electron chi connectivity index (χ3n) is 2.75. The average Bonchev–Trinajstić information content (AvgIpc) is 2.24. The third-order valence-corrected chi connectivity index (χ3v) is 3.07. The lowest BCUT2D eigenvalue weighted by Crippen LogP contribution is -2.27. The molecule has 0 saturated carbocycles. The van der Waals surface area contributed by atoms with Gasteiger partial charge in [-0.1, -0.05) is 33.1 Å². The Morgan fingerprint density at radius 1 is 0.733 bits per heavy atom. The molecule has 0 N–H and O–H groups in total. The maximum atomic E-state index is 4.26. The molecular formula is C13H29NS. The van der Waals surface area contributed by atoms with Crippen molar-refractivity contribution >= 4 is 12.6 Å². The Kier molecular flexibility index (Phi) is 12.6. The van der Waals surface area contributed by atoms with Crippen molar-refractivity contribution in [2.75, 3.05) is 25.4 Å². The maximum Gasteiger partial charge on any atom is -0.00184 e. The fourth-order valence-corrected chi connectivity index (χ4v) is 2.08. The predicted molar refractivity (Wildman–Crippen MR) is 74.0 cm³/mol. The van der Waals surface area contributed by atoms with Gasteiger partial charge in [-0.05, 0) is 51.1 Å². The van der Waals surface area contributed by atoms with Crippen LogP contribution in [0.2, 0.25) is 0 Å².